The fourth-order valence-electron chi connectivity index (χ4n) is 10.0. The van der Waals surface area contributed by atoms with E-state index in [1.54, 1.807) is 12.3 Å². The lowest BCUT2D eigenvalue weighted by Crippen LogP contribution is -2.77. The molecule has 4 aliphatic heterocycles. The van der Waals surface area contributed by atoms with Crippen molar-refractivity contribution in [1.82, 2.24) is 0 Å². The SMILES string of the molecule is CC(=O)O[C@H]1C[C@@]2(C)[C@H](c3ccoc3)OC(=O)[C@H]3O[C@]32[C@]2(C)[C@H](O)C[C@H]3C(C)(C)O[C@H]4CC(=O)OC[C@]43[C@@H]12. The molecule has 2 spiro atoms. The molecule has 0 bridgehead atoms. The maximum Gasteiger partial charge on any atom is 0.339 e. The Hall–Kier alpha value is -2.43. The molecular weight excluding hydrogens is 496 g/mol. The van der Waals surface area contributed by atoms with Crippen molar-refractivity contribution in [3.8, 4) is 0 Å². The number of epoxide rings is 1. The summed E-state index contributed by atoms with van der Waals surface area (Å²) in [5.41, 5.74) is -3.75. The van der Waals surface area contributed by atoms with Gasteiger partial charge in [0.05, 0.1) is 36.8 Å². The topological polar surface area (TPSA) is 134 Å². The van der Waals surface area contributed by atoms with Crippen molar-refractivity contribution in [1.29, 1.82) is 0 Å². The van der Waals surface area contributed by atoms with Gasteiger partial charge in [-0.25, -0.2) is 4.79 Å². The normalized spacial score (nSPS) is 51.8. The van der Waals surface area contributed by atoms with E-state index in [-0.39, 0.29) is 24.9 Å². The van der Waals surface area contributed by atoms with Crippen molar-refractivity contribution in [2.24, 2.45) is 28.1 Å². The number of aliphatic hydroxyl groups is 1. The molecule has 10 nitrogen and oxygen atoms in total. The van der Waals surface area contributed by atoms with Gasteiger partial charge < -0.3 is 33.2 Å². The lowest BCUT2D eigenvalue weighted by atomic mass is 9.36. The zero-order chi connectivity index (χ0) is 27.0. The van der Waals surface area contributed by atoms with Crippen molar-refractivity contribution >= 4 is 17.9 Å². The zero-order valence-electron chi connectivity index (χ0n) is 22.2. The standard InChI is InChI=1S/C28H34O10/c1-13(29)35-15-10-25(4)21(14-6-7-33-11-14)36-23(32)22-28(25,38-22)26(5)17(30)8-16-24(2,3)37-18-9-19(31)34-12-27(16,18)20(15)26/h6-7,11,15-18,20-22,30H,8-10,12H2,1-5H3/t15-,16-,17+,18-,20-,21-,22+,25-,26+,27+,28+/m0/s1. The van der Waals surface area contributed by atoms with Gasteiger partial charge in [-0.05, 0) is 32.8 Å². The van der Waals surface area contributed by atoms with Crippen LogP contribution in [0.4, 0.5) is 0 Å². The van der Waals surface area contributed by atoms with Crippen LogP contribution in [0.25, 0.3) is 0 Å². The van der Waals surface area contributed by atoms with Crippen LogP contribution in [0.5, 0.6) is 0 Å². The first-order chi connectivity index (χ1) is 17.8. The Morgan fingerprint density at radius 1 is 1.13 bits per heavy atom. The Morgan fingerprint density at radius 3 is 2.58 bits per heavy atom. The van der Waals surface area contributed by atoms with Crippen LogP contribution >= 0.6 is 0 Å². The van der Waals surface area contributed by atoms with Crippen molar-refractivity contribution in [2.75, 3.05) is 6.61 Å². The fraction of sp³-hybridized carbons (Fsp3) is 0.750. The number of cyclic esters (lactones) is 2. The van der Waals surface area contributed by atoms with E-state index in [0.717, 1.165) is 0 Å². The van der Waals surface area contributed by atoms with Gasteiger partial charge in [0.2, 0.25) is 0 Å². The van der Waals surface area contributed by atoms with Crippen molar-refractivity contribution in [3.05, 3.63) is 24.2 Å². The molecule has 0 unspecified atom stereocenters. The molecule has 2 saturated carbocycles. The van der Waals surface area contributed by atoms with Crippen LogP contribution in [-0.4, -0.2) is 65.2 Å². The third-order valence-electron chi connectivity index (χ3n) is 11.2. The smallest absolute Gasteiger partial charge is 0.339 e. The van der Waals surface area contributed by atoms with Gasteiger partial charge >= 0.3 is 17.9 Å². The zero-order valence-corrected chi connectivity index (χ0v) is 22.2. The van der Waals surface area contributed by atoms with Gasteiger partial charge in [0, 0.05) is 40.6 Å². The highest BCUT2D eigenvalue weighted by molar-refractivity contribution is 5.82. The van der Waals surface area contributed by atoms with Gasteiger partial charge in [-0.15, -0.1) is 0 Å². The van der Waals surface area contributed by atoms with E-state index in [2.05, 4.69) is 0 Å². The predicted octanol–water partition coefficient (Wildman–Crippen LogP) is 2.47. The highest BCUT2D eigenvalue weighted by Crippen LogP contribution is 2.80. The van der Waals surface area contributed by atoms with Crippen LogP contribution in [0.1, 0.15) is 65.5 Å². The maximum absolute atomic E-state index is 13.3. The van der Waals surface area contributed by atoms with Crippen LogP contribution in [-0.2, 0) is 38.1 Å². The van der Waals surface area contributed by atoms with E-state index in [9.17, 15) is 19.5 Å². The summed E-state index contributed by atoms with van der Waals surface area (Å²) in [7, 11) is 0. The molecule has 10 heteroatoms. The second-order valence-corrected chi connectivity index (χ2v) is 13.1. The molecule has 1 aromatic rings. The van der Waals surface area contributed by atoms with Gasteiger partial charge in [0.25, 0.3) is 0 Å². The van der Waals surface area contributed by atoms with E-state index in [1.807, 2.05) is 27.7 Å². The van der Waals surface area contributed by atoms with Gasteiger partial charge in [-0.1, -0.05) is 13.8 Å². The minimum absolute atomic E-state index is 0.0731. The summed E-state index contributed by atoms with van der Waals surface area (Å²) < 4.78 is 36.2. The summed E-state index contributed by atoms with van der Waals surface area (Å²) in [6.07, 6.45) is 0.124. The molecule has 206 valence electrons. The molecule has 1 N–H and O–H groups in total. The molecule has 38 heavy (non-hydrogen) atoms. The van der Waals surface area contributed by atoms with Crippen LogP contribution < -0.4 is 0 Å². The van der Waals surface area contributed by atoms with Crippen LogP contribution in [0.2, 0.25) is 0 Å². The lowest BCUT2D eigenvalue weighted by Gasteiger charge is -2.68. The number of rotatable bonds is 2. The second-order valence-electron chi connectivity index (χ2n) is 13.1. The van der Waals surface area contributed by atoms with Crippen molar-refractivity contribution in [2.45, 2.75) is 95.6 Å². The molecule has 11 atom stereocenters. The molecule has 2 aliphatic carbocycles. The summed E-state index contributed by atoms with van der Waals surface area (Å²) in [5.74, 6) is -1.97. The summed E-state index contributed by atoms with van der Waals surface area (Å²) >= 11 is 0. The monoisotopic (exact) mass is 530 g/mol. The van der Waals surface area contributed by atoms with Gasteiger partial charge in [-0.2, -0.15) is 0 Å². The number of carbonyl (C=O) groups excluding carboxylic acids is 3. The molecule has 0 aromatic carbocycles. The summed E-state index contributed by atoms with van der Waals surface area (Å²) in [5, 5.41) is 12.1. The quantitative estimate of drug-likeness (QED) is 0.345. The maximum atomic E-state index is 13.3. The summed E-state index contributed by atoms with van der Waals surface area (Å²) in [6, 6.07) is 1.75. The summed E-state index contributed by atoms with van der Waals surface area (Å²) in [6.45, 7) is 9.35. The fourth-order valence-corrected chi connectivity index (χ4v) is 10.0. The molecule has 1 aromatic heterocycles. The Balaban J connectivity index is 1.46. The first kappa shape index (κ1) is 24.6. The molecule has 0 amide bonds. The molecule has 7 rings (SSSR count). The van der Waals surface area contributed by atoms with E-state index in [0.29, 0.717) is 18.4 Å². The third kappa shape index (κ3) is 2.58. The van der Waals surface area contributed by atoms with Crippen molar-refractivity contribution < 1.29 is 47.6 Å². The number of fused-ring (bicyclic) bond motifs is 1. The minimum atomic E-state index is -1.10. The van der Waals surface area contributed by atoms with Crippen LogP contribution in [0, 0.1) is 28.1 Å². The number of carbonyl (C=O) groups is 3. The first-order valence-corrected chi connectivity index (χ1v) is 13.4. The number of furan rings is 1. The van der Waals surface area contributed by atoms with E-state index < -0.39 is 75.8 Å². The van der Waals surface area contributed by atoms with E-state index in [1.165, 1.54) is 13.2 Å². The number of esters is 3. The van der Waals surface area contributed by atoms with E-state index >= 15 is 0 Å². The Morgan fingerprint density at radius 2 is 1.89 bits per heavy atom. The van der Waals surface area contributed by atoms with Crippen LogP contribution in [0.15, 0.2) is 23.0 Å². The second kappa shape index (κ2) is 7.20. The molecule has 4 saturated heterocycles. The van der Waals surface area contributed by atoms with Gasteiger partial charge in [0.15, 0.2) is 6.10 Å². The minimum Gasteiger partial charge on any atom is -0.472 e. The molecule has 5 heterocycles. The highest BCUT2D eigenvalue weighted by atomic mass is 16.7. The number of hydrogen-bond acceptors (Lipinski definition) is 10. The predicted molar refractivity (Wildman–Crippen MR) is 126 cm³/mol. The largest absolute Gasteiger partial charge is 0.472 e. The van der Waals surface area contributed by atoms with Gasteiger partial charge in [-0.3, -0.25) is 9.59 Å². The van der Waals surface area contributed by atoms with Crippen molar-refractivity contribution in [3.63, 3.8) is 0 Å². The molecule has 0 radical (unpaired) electrons. The molecule has 6 aliphatic rings. The Kier molecular flexibility index (Phi) is 4.66. The summed E-state index contributed by atoms with van der Waals surface area (Å²) in [4.78, 5) is 38.4. The third-order valence-corrected chi connectivity index (χ3v) is 11.2. The average Bonchev–Trinajstić information content (AvgIpc) is 3.32. The molecular formula is C28H34O10. The molecule has 6 fully saturated rings. The first-order valence-electron chi connectivity index (χ1n) is 13.4. The Labute approximate surface area is 220 Å². The lowest BCUT2D eigenvalue weighted by molar-refractivity contribution is -0.291. The number of aliphatic hydroxyl groups excluding tert-OH is 1. The number of hydrogen-bond donors (Lipinski definition) is 1. The van der Waals surface area contributed by atoms with E-state index in [4.69, 9.17) is 28.1 Å². The average molecular weight is 531 g/mol. The number of ether oxygens (including phenoxy) is 5. The van der Waals surface area contributed by atoms with Crippen LogP contribution in [0.3, 0.4) is 0 Å². The van der Waals surface area contributed by atoms with Gasteiger partial charge in [0.1, 0.15) is 24.4 Å². The Bertz CT molecular complexity index is 1220. The highest BCUT2D eigenvalue weighted by Gasteiger charge is 2.91.